The fraction of sp³-hybridized carbons (Fsp3) is 0.647. The maximum Gasteiger partial charge on any atom is 0.0367 e. The van der Waals surface area contributed by atoms with E-state index in [0.717, 1.165) is 26.2 Å². The second-order valence-electron chi connectivity index (χ2n) is 5.77. The van der Waals surface area contributed by atoms with Gasteiger partial charge in [-0.15, -0.1) is 0 Å². The lowest BCUT2D eigenvalue weighted by Crippen LogP contribution is -2.52. The molecule has 1 aliphatic heterocycles. The van der Waals surface area contributed by atoms with Crippen LogP contribution in [0.1, 0.15) is 26.7 Å². The Balaban J connectivity index is 1.71. The highest BCUT2D eigenvalue weighted by Crippen LogP contribution is 2.16. The van der Waals surface area contributed by atoms with Gasteiger partial charge >= 0.3 is 0 Å². The summed E-state index contributed by atoms with van der Waals surface area (Å²) >= 11 is 0. The third-order valence-corrected chi connectivity index (χ3v) is 4.21. The minimum Gasteiger partial charge on any atom is -0.369 e. The van der Waals surface area contributed by atoms with Gasteiger partial charge in [0.2, 0.25) is 0 Å². The molecule has 3 nitrogen and oxygen atoms in total. The van der Waals surface area contributed by atoms with Gasteiger partial charge < -0.3 is 10.2 Å². The smallest absolute Gasteiger partial charge is 0.0367 e. The number of piperazine rings is 1. The third-order valence-electron chi connectivity index (χ3n) is 4.21. The molecule has 20 heavy (non-hydrogen) atoms. The number of nitrogens with zero attached hydrogens (tertiary/aromatic N) is 2. The first-order chi connectivity index (χ1) is 9.81. The van der Waals surface area contributed by atoms with Crippen molar-refractivity contribution in [3.8, 4) is 0 Å². The van der Waals surface area contributed by atoms with Crippen molar-refractivity contribution in [2.24, 2.45) is 0 Å². The van der Waals surface area contributed by atoms with Crippen molar-refractivity contribution in [2.45, 2.75) is 32.7 Å². The van der Waals surface area contributed by atoms with Crippen molar-refractivity contribution in [2.75, 3.05) is 44.2 Å². The van der Waals surface area contributed by atoms with Crippen LogP contribution in [-0.4, -0.2) is 50.2 Å². The predicted octanol–water partition coefficient (Wildman–Crippen LogP) is 2.59. The highest BCUT2D eigenvalue weighted by atomic mass is 15.3. The molecule has 0 bridgehead atoms. The largest absolute Gasteiger partial charge is 0.369 e. The molecule has 112 valence electrons. The van der Waals surface area contributed by atoms with Crippen LogP contribution < -0.4 is 10.2 Å². The van der Waals surface area contributed by atoms with Crippen molar-refractivity contribution in [3.63, 3.8) is 0 Å². The van der Waals surface area contributed by atoms with Gasteiger partial charge in [0.1, 0.15) is 0 Å². The fourth-order valence-corrected chi connectivity index (χ4v) is 2.80. The summed E-state index contributed by atoms with van der Waals surface area (Å²) in [5, 5.41) is 3.57. The van der Waals surface area contributed by atoms with Gasteiger partial charge in [0.15, 0.2) is 0 Å². The van der Waals surface area contributed by atoms with Gasteiger partial charge in [0.25, 0.3) is 0 Å². The molecular weight excluding hydrogens is 246 g/mol. The van der Waals surface area contributed by atoms with Gasteiger partial charge in [-0.05, 0) is 32.0 Å². The van der Waals surface area contributed by atoms with Crippen molar-refractivity contribution in [1.29, 1.82) is 0 Å². The maximum atomic E-state index is 3.57. The van der Waals surface area contributed by atoms with Crippen molar-refractivity contribution in [1.82, 2.24) is 10.2 Å². The molecule has 1 atom stereocenters. The first kappa shape index (κ1) is 15.3. The van der Waals surface area contributed by atoms with Crippen LogP contribution in [0.5, 0.6) is 0 Å². The number of hydrogen-bond donors (Lipinski definition) is 1. The number of hydrogen-bond acceptors (Lipinski definition) is 3. The molecule has 2 rings (SSSR count). The molecule has 0 amide bonds. The van der Waals surface area contributed by atoms with E-state index in [1.807, 2.05) is 0 Å². The molecular formula is C17H29N3. The lowest BCUT2D eigenvalue weighted by atomic mass is 10.2. The molecule has 1 fully saturated rings. The van der Waals surface area contributed by atoms with Crippen molar-refractivity contribution in [3.05, 3.63) is 30.3 Å². The Morgan fingerprint density at radius 3 is 2.45 bits per heavy atom. The molecule has 1 saturated heterocycles. The Labute approximate surface area is 124 Å². The molecule has 0 saturated carbocycles. The van der Waals surface area contributed by atoms with Crippen LogP contribution in [0.2, 0.25) is 0 Å². The van der Waals surface area contributed by atoms with E-state index in [4.69, 9.17) is 0 Å². The summed E-state index contributed by atoms with van der Waals surface area (Å²) < 4.78 is 0. The van der Waals surface area contributed by atoms with Gasteiger partial charge in [-0.2, -0.15) is 0 Å². The molecule has 0 radical (unpaired) electrons. The van der Waals surface area contributed by atoms with Crippen LogP contribution >= 0.6 is 0 Å². The van der Waals surface area contributed by atoms with Gasteiger partial charge in [0.05, 0.1) is 0 Å². The van der Waals surface area contributed by atoms with E-state index in [1.165, 1.54) is 31.6 Å². The van der Waals surface area contributed by atoms with Gasteiger partial charge in [-0.3, -0.25) is 4.90 Å². The molecule has 0 spiro atoms. The quantitative estimate of drug-likeness (QED) is 0.772. The second kappa shape index (κ2) is 8.28. The Bertz CT molecular complexity index is 358. The summed E-state index contributed by atoms with van der Waals surface area (Å²) in [5.74, 6) is 0. The fourth-order valence-electron chi connectivity index (χ4n) is 2.80. The third kappa shape index (κ3) is 4.50. The van der Waals surface area contributed by atoms with E-state index < -0.39 is 0 Å². The topological polar surface area (TPSA) is 18.5 Å². The van der Waals surface area contributed by atoms with Crippen LogP contribution in [-0.2, 0) is 0 Å². The van der Waals surface area contributed by atoms with Crippen LogP contribution in [0.4, 0.5) is 5.69 Å². The standard InChI is InChI=1S/C17H29N3/c1-3-4-10-18-15-16(2)19-11-13-20(14-12-19)17-8-6-5-7-9-17/h5-9,16,18H,3-4,10-15H2,1-2H3. The normalized spacial score (nSPS) is 18.2. The Morgan fingerprint density at radius 1 is 1.10 bits per heavy atom. The first-order valence-electron chi connectivity index (χ1n) is 8.06. The Morgan fingerprint density at radius 2 is 1.80 bits per heavy atom. The van der Waals surface area contributed by atoms with Crippen LogP contribution in [0.25, 0.3) is 0 Å². The molecule has 0 aliphatic carbocycles. The number of nitrogens with one attached hydrogen (secondary N) is 1. The summed E-state index contributed by atoms with van der Waals surface area (Å²) in [6.07, 6.45) is 2.56. The van der Waals surface area contributed by atoms with Crippen molar-refractivity contribution < 1.29 is 0 Å². The molecule has 0 aromatic heterocycles. The van der Waals surface area contributed by atoms with E-state index in [9.17, 15) is 0 Å². The molecule has 1 aliphatic rings. The summed E-state index contributed by atoms with van der Waals surface area (Å²) in [7, 11) is 0. The summed E-state index contributed by atoms with van der Waals surface area (Å²) in [4.78, 5) is 5.10. The summed E-state index contributed by atoms with van der Waals surface area (Å²) in [6, 6.07) is 11.4. The Kier molecular flexibility index (Phi) is 6.34. The maximum absolute atomic E-state index is 3.57. The van der Waals surface area contributed by atoms with E-state index in [0.29, 0.717) is 6.04 Å². The highest BCUT2D eigenvalue weighted by Gasteiger charge is 2.20. The summed E-state index contributed by atoms with van der Waals surface area (Å²) in [6.45, 7) is 11.5. The first-order valence-corrected chi connectivity index (χ1v) is 8.06. The highest BCUT2D eigenvalue weighted by molar-refractivity contribution is 5.46. The molecule has 1 unspecified atom stereocenters. The zero-order valence-electron chi connectivity index (χ0n) is 13.0. The molecule has 3 heteroatoms. The van der Waals surface area contributed by atoms with Gasteiger partial charge in [0, 0.05) is 44.5 Å². The average Bonchev–Trinajstić information content (AvgIpc) is 2.52. The SMILES string of the molecule is CCCCNCC(C)N1CCN(c2ccccc2)CC1. The minimum absolute atomic E-state index is 0.643. The van der Waals surface area contributed by atoms with Crippen LogP contribution in [0.3, 0.4) is 0 Å². The van der Waals surface area contributed by atoms with E-state index >= 15 is 0 Å². The van der Waals surface area contributed by atoms with Crippen molar-refractivity contribution >= 4 is 5.69 Å². The molecule has 1 N–H and O–H groups in total. The molecule has 1 aromatic carbocycles. The monoisotopic (exact) mass is 275 g/mol. The number of anilines is 1. The second-order valence-corrected chi connectivity index (χ2v) is 5.77. The lowest BCUT2D eigenvalue weighted by Gasteiger charge is -2.39. The number of benzene rings is 1. The lowest BCUT2D eigenvalue weighted by molar-refractivity contribution is 0.193. The molecule has 1 heterocycles. The van der Waals surface area contributed by atoms with Gasteiger partial charge in [-0.1, -0.05) is 31.5 Å². The van der Waals surface area contributed by atoms with Gasteiger partial charge in [-0.25, -0.2) is 0 Å². The van der Waals surface area contributed by atoms with Crippen LogP contribution in [0.15, 0.2) is 30.3 Å². The zero-order valence-corrected chi connectivity index (χ0v) is 13.0. The van der Waals surface area contributed by atoms with Crippen LogP contribution in [0, 0.1) is 0 Å². The zero-order chi connectivity index (χ0) is 14.2. The molecule has 1 aromatic rings. The van der Waals surface area contributed by atoms with E-state index in [1.54, 1.807) is 0 Å². The minimum atomic E-state index is 0.643. The number of unbranched alkanes of at least 4 members (excludes halogenated alkanes) is 1. The van der Waals surface area contributed by atoms with E-state index in [-0.39, 0.29) is 0 Å². The predicted molar refractivity (Wildman–Crippen MR) is 87.5 cm³/mol. The summed E-state index contributed by atoms with van der Waals surface area (Å²) in [5.41, 5.74) is 1.36. The van der Waals surface area contributed by atoms with E-state index in [2.05, 4.69) is 59.3 Å². The number of para-hydroxylation sites is 1. The number of rotatable bonds is 7. The average molecular weight is 275 g/mol. The Hall–Kier alpha value is -1.06.